The zero-order valence-electron chi connectivity index (χ0n) is 9.16. The van der Waals surface area contributed by atoms with Crippen molar-refractivity contribution < 1.29 is 27.5 Å². The number of carbonyl (C=O) groups excluding carboxylic acids is 2. The smallest absolute Gasteiger partial charge is 0.460 e. The second-order valence-electron chi connectivity index (χ2n) is 3.26. The number of halogens is 3. The standard InChI is InChI=1S/C11H10F3NO3/c12-11(13,14)10(17)15-6-7-18-9(16)8-4-2-1-3-5-8/h1-5H,6-7H2,(H,15,17). The monoisotopic (exact) mass is 261 g/mol. The van der Waals surface area contributed by atoms with Crippen molar-refractivity contribution in [3.8, 4) is 0 Å². The fourth-order valence-corrected chi connectivity index (χ4v) is 1.07. The van der Waals surface area contributed by atoms with Crippen LogP contribution in [0.5, 0.6) is 0 Å². The summed E-state index contributed by atoms with van der Waals surface area (Å²) in [5, 5.41) is 1.59. The summed E-state index contributed by atoms with van der Waals surface area (Å²) in [4.78, 5) is 21.7. The molecule has 98 valence electrons. The average molecular weight is 261 g/mol. The normalized spacial score (nSPS) is 10.8. The molecule has 0 radical (unpaired) electrons. The Morgan fingerprint density at radius 1 is 1.17 bits per heavy atom. The molecule has 1 rings (SSSR count). The van der Waals surface area contributed by atoms with E-state index in [4.69, 9.17) is 0 Å². The van der Waals surface area contributed by atoms with Gasteiger partial charge in [0, 0.05) is 0 Å². The molecule has 0 aliphatic carbocycles. The number of benzene rings is 1. The lowest BCUT2D eigenvalue weighted by molar-refractivity contribution is -0.173. The Bertz CT molecular complexity index is 417. The molecule has 0 spiro atoms. The van der Waals surface area contributed by atoms with Crippen LogP contribution in [-0.2, 0) is 9.53 Å². The highest BCUT2D eigenvalue weighted by Gasteiger charge is 2.38. The number of carbonyl (C=O) groups is 2. The van der Waals surface area contributed by atoms with E-state index in [-0.39, 0.29) is 6.61 Å². The van der Waals surface area contributed by atoms with E-state index in [2.05, 4.69) is 4.74 Å². The third-order valence-corrected chi connectivity index (χ3v) is 1.89. The highest BCUT2D eigenvalue weighted by atomic mass is 19.4. The van der Waals surface area contributed by atoms with Gasteiger partial charge in [0.15, 0.2) is 0 Å². The molecule has 0 aromatic heterocycles. The Balaban J connectivity index is 2.27. The van der Waals surface area contributed by atoms with Gasteiger partial charge < -0.3 is 10.1 Å². The zero-order chi connectivity index (χ0) is 13.6. The molecule has 1 aromatic carbocycles. The molecule has 0 atom stereocenters. The van der Waals surface area contributed by atoms with Gasteiger partial charge in [-0.3, -0.25) is 4.79 Å². The van der Waals surface area contributed by atoms with Gasteiger partial charge in [-0.2, -0.15) is 13.2 Å². The molecule has 1 N–H and O–H groups in total. The lowest BCUT2D eigenvalue weighted by Crippen LogP contribution is -2.38. The van der Waals surface area contributed by atoms with E-state index >= 15 is 0 Å². The highest BCUT2D eigenvalue weighted by molar-refractivity contribution is 5.89. The Kier molecular flexibility index (Phi) is 4.70. The first-order valence-electron chi connectivity index (χ1n) is 4.98. The van der Waals surface area contributed by atoms with Crippen LogP contribution in [0.3, 0.4) is 0 Å². The van der Waals surface area contributed by atoms with Crippen molar-refractivity contribution in [3.05, 3.63) is 35.9 Å². The number of rotatable bonds is 4. The lowest BCUT2D eigenvalue weighted by atomic mass is 10.2. The summed E-state index contributed by atoms with van der Waals surface area (Å²) in [6.07, 6.45) is -4.93. The molecule has 0 unspecified atom stereocenters. The average Bonchev–Trinajstić information content (AvgIpc) is 2.34. The van der Waals surface area contributed by atoms with Crippen LogP contribution in [0.15, 0.2) is 30.3 Å². The second-order valence-corrected chi connectivity index (χ2v) is 3.26. The molecule has 1 aromatic rings. The van der Waals surface area contributed by atoms with Gasteiger partial charge >= 0.3 is 18.1 Å². The number of ether oxygens (including phenoxy) is 1. The predicted octanol–water partition coefficient (Wildman–Crippen LogP) is 1.52. The molecule has 7 heteroatoms. The number of amides is 1. The SMILES string of the molecule is O=C(OCCNC(=O)C(F)(F)F)c1ccccc1. The maximum absolute atomic E-state index is 11.8. The maximum Gasteiger partial charge on any atom is 0.471 e. The van der Waals surface area contributed by atoms with E-state index in [9.17, 15) is 22.8 Å². The minimum Gasteiger partial charge on any atom is -0.460 e. The number of hydrogen-bond donors (Lipinski definition) is 1. The molecule has 0 saturated carbocycles. The topological polar surface area (TPSA) is 55.4 Å². The van der Waals surface area contributed by atoms with Gasteiger partial charge in [-0.05, 0) is 12.1 Å². The van der Waals surface area contributed by atoms with Crippen LogP contribution >= 0.6 is 0 Å². The van der Waals surface area contributed by atoms with E-state index in [0.29, 0.717) is 5.56 Å². The van der Waals surface area contributed by atoms with Crippen LogP contribution in [0.2, 0.25) is 0 Å². The summed E-state index contributed by atoms with van der Waals surface area (Å²) in [7, 11) is 0. The van der Waals surface area contributed by atoms with Gasteiger partial charge in [0.05, 0.1) is 12.1 Å². The second kappa shape index (κ2) is 6.04. The predicted molar refractivity (Wildman–Crippen MR) is 55.8 cm³/mol. The van der Waals surface area contributed by atoms with Gasteiger partial charge in [0.1, 0.15) is 6.61 Å². The number of esters is 1. The summed E-state index contributed by atoms with van der Waals surface area (Å²) in [6.45, 7) is -0.716. The molecular weight excluding hydrogens is 251 g/mol. The fraction of sp³-hybridized carbons (Fsp3) is 0.273. The van der Waals surface area contributed by atoms with Crippen LogP contribution in [0.25, 0.3) is 0 Å². The van der Waals surface area contributed by atoms with Crippen molar-refractivity contribution >= 4 is 11.9 Å². The lowest BCUT2D eigenvalue weighted by Gasteiger charge is -2.08. The molecule has 18 heavy (non-hydrogen) atoms. The fourth-order valence-electron chi connectivity index (χ4n) is 1.07. The number of hydrogen-bond acceptors (Lipinski definition) is 3. The van der Waals surface area contributed by atoms with Crippen molar-refractivity contribution in [2.24, 2.45) is 0 Å². The van der Waals surface area contributed by atoms with Crippen LogP contribution < -0.4 is 5.32 Å². The Hall–Kier alpha value is -2.05. The first-order valence-corrected chi connectivity index (χ1v) is 4.98. The largest absolute Gasteiger partial charge is 0.471 e. The van der Waals surface area contributed by atoms with Crippen molar-refractivity contribution in [2.45, 2.75) is 6.18 Å². The van der Waals surface area contributed by atoms with Crippen LogP contribution in [0.4, 0.5) is 13.2 Å². The third kappa shape index (κ3) is 4.44. The highest BCUT2D eigenvalue weighted by Crippen LogP contribution is 2.13. The van der Waals surface area contributed by atoms with E-state index in [1.54, 1.807) is 23.5 Å². The molecule has 0 aliphatic rings. The van der Waals surface area contributed by atoms with Crippen molar-refractivity contribution in [1.29, 1.82) is 0 Å². The van der Waals surface area contributed by atoms with E-state index in [0.717, 1.165) is 0 Å². The van der Waals surface area contributed by atoms with Gasteiger partial charge in [0.2, 0.25) is 0 Å². The van der Waals surface area contributed by atoms with Crippen molar-refractivity contribution in [1.82, 2.24) is 5.32 Å². The summed E-state index contributed by atoms with van der Waals surface area (Å²) in [5.74, 6) is -2.71. The molecule has 0 aliphatic heterocycles. The summed E-state index contributed by atoms with van der Waals surface area (Å²) in [6, 6.07) is 7.98. The van der Waals surface area contributed by atoms with E-state index in [1.165, 1.54) is 12.1 Å². The molecular formula is C11H10F3NO3. The number of alkyl halides is 3. The Morgan fingerprint density at radius 3 is 2.33 bits per heavy atom. The molecule has 0 fully saturated rings. The van der Waals surface area contributed by atoms with Gasteiger partial charge in [-0.1, -0.05) is 18.2 Å². The first-order chi connectivity index (χ1) is 8.41. The van der Waals surface area contributed by atoms with Crippen LogP contribution in [0.1, 0.15) is 10.4 Å². The van der Waals surface area contributed by atoms with Crippen molar-refractivity contribution in [3.63, 3.8) is 0 Å². The minimum absolute atomic E-state index is 0.291. The third-order valence-electron chi connectivity index (χ3n) is 1.89. The van der Waals surface area contributed by atoms with Gasteiger partial charge in [-0.25, -0.2) is 4.79 Å². The maximum atomic E-state index is 11.8. The number of nitrogens with one attached hydrogen (secondary N) is 1. The molecule has 1 amide bonds. The van der Waals surface area contributed by atoms with Crippen LogP contribution in [-0.4, -0.2) is 31.2 Å². The summed E-state index contributed by atoms with van der Waals surface area (Å²) >= 11 is 0. The molecule has 0 heterocycles. The van der Waals surface area contributed by atoms with Gasteiger partial charge in [-0.15, -0.1) is 0 Å². The van der Waals surface area contributed by atoms with Crippen LogP contribution in [0, 0.1) is 0 Å². The summed E-state index contributed by atoms with van der Waals surface area (Å²) < 4.78 is 40.0. The van der Waals surface area contributed by atoms with Gasteiger partial charge in [0.25, 0.3) is 0 Å². The molecule has 0 bridgehead atoms. The Morgan fingerprint density at radius 2 is 1.78 bits per heavy atom. The minimum atomic E-state index is -4.93. The summed E-state index contributed by atoms with van der Waals surface area (Å²) in [5.41, 5.74) is 0.291. The molecule has 0 saturated heterocycles. The Labute approximate surface area is 101 Å². The molecule has 4 nitrogen and oxygen atoms in total. The zero-order valence-corrected chi connectivity index (χ0v) is 9.16. The first kappa shape index (κ1) is 14.0. The van der Waals surface area contributed by atoms with Crippen molar-refractivity contribution in [2.75, 3.05) is 13.2 Å². The van der Waals surface area contributed by atoms with E-state index < -0.39 is 24.6 Å². The quantitative estimate of drug-likeness (QED) is 0.660. The van der Waals surface area contributed by atoms with E-state index in [1.807, 2.05) is 0 Å².